The van der Waals surface area contributed by atoms with Crippen LogP contribution in [0.15, 0.2) is 48.5 Å². The van der Waals surface area contributed by atoms with E-state index in [-0.39, 0.29) is 11.8 Å². The van der Waals surface area contributed by atoms with Gasteiger partial charge in [0.2, 0.25) is 0 Å². The Hall–Kier alpha value is -2.13. The first-order valence-corrected chi connectivity index (χ1v) is 7.35. The fraction of sp³-hybridized carbons (Fsp3) is 0.278. The number of para-hydroxylation sites is 1. The van der Waals surface area contributed by atoms with Crippen LogP contribution in [-0.2, 0) is 13.0 Å². The van der Waals surface area contributed by atoms with Gasteiger partial charge in [-0.25, -0.2) is 0 Å². The number of hydrogen-bond acceptors (Lipinski definition) is 3. The lowest BCUT2D eigenvalue weighted by Crippen LogP contribution is -2.41. The van der Waals surface area contributed by atoms with E-state index in [2.05, 4.69) is 17.4 Å². The van der Waals surface area contributed by atoms with Gasteiger partial charge in [0.15, 0.2) is 5.78 Å². The molecule has 0 spiro atoms. The molecule has 0 amide bonds. The summed E-state index contributed by atoms with van der Waals surface area (Å²) in [6, 6.07) is 15.6. The summed E-state index contributed by atoms with van der Waals surface area (Å²) in [4.78, 5) is 12.8. The van der Waals surface area contributed by atoms with E-state index < -0.39 is 0 Å². The zero-order valence-electron chi connectivity index (χ0n) is 12.1. The molecular formula is C18H19NO2. The zero-order valence-corrected chi connectivity index (χ0v) is 12.1. The van der Waals surface area contributed by atoms with Gasteiger partial charge in [0.25, 0.3) is 0 Å². The van der Waals surface area contributed by atoms with Gasteiger partial charge in [-0.05, 0) is 36.6 Å². The lowest BCUT2D eigenvalue weighted by atomic mass is 9.91. The average Bonchev–Trinajstić information content (AvgIpc) is 2.54. The molecule has 21 heavy (non-hydrogen) atoms. The first kappa shape index (κ1) is 13.8. The number of hydrogen-bond donors (Lipinski definition) is 1. The van der Waals surface area contributed by atoms with Crippen LogP contribution < -0.4 is 10.1 Å². The Morgan fingerprint density at radius 1 is 1.14 bits per heavy atom. The van der Waals surface area contributed by atoms with Crippen LogP contribution in [-0.4, -0.2) is 18.4 Å². The third-order valence-corrected chi connectivity index (χ3v) is 3.85. The zero-order chi connectivity index (χ0) is 14.7. The van der Waals surface area contributed by atoms with Gasteiger partial charge in [-0.1, -0.05) is 36.4 Å². The number of nitrogens with one attached hydrogen (secondary N) is 1. The molecule has 1 aliphatic rings. The van der Waals surface area contributed by atoms with Gasteiger partial charge in [-0.15, -0.1) is 0 Å². The molecule has 3 rings (SSSR count). The van der Waals surface area contributed by atoms with E-state index in [9.17, 15) is 4.79 Å². The highest BCUT2D eigenvalue weighted by molar-refractivity contribution is 6.02. The van der Waals surface area contributed by atoms with E-state index in [1.54, 1.807) is 0 Å². The molecule has 2 aromatic carbocycles. The van der Waals surface area contributed by atoms with Crippen LogP contribution in [0.4, 0.5) is 0 Å². The Bertz CT molecular complexity index is 651. The highest BCUT2D eigenvalue weighted by Gasteiger charge is 2.26. The number of carbonyl (C=O) groups is 1. The number of ketones is 1. The van der Waals surface area contributed by atoms with Crippen molar-refractivity contribution in [2.24, 2.45) is 0 Å². The van der Waals surface area contributed by atoms with Gasteiger partial charge in [-0.3, -0.25) is 4.79 Å². The Morgan fingerprint density at radius 2 is 1.86 bits per heavy atom. The largest absolute Gasteiger partial charge is 0.493 e. The minimum Gasteiger partial charge on any atom is -0.493 e. The SMILES string of the molecule is CCOc1ccccc1C(=O)C1Cc2ccccc2CN1. The first-order valence-electron chi connectivity index (χ1n) is 7.35. The van der Waals surface area contributed by atoms with Crippen molar-refractivity contribution in [1.29, 1.82) is 0 Å². The summed E-state index contributed by atoms with van der Waals surface area (Å²) in [5, 5.41) is 3.34. The average molecular weight is 281 g/mol. The number of Topliss-reactive ketones (excluding diaryl/α,β-unsaturated/α-hetero) is 1. The third-order valence-electron chi connectivity index (χ3n) is 3.85. The highest BCUT2D eigenvalue weighted by Crippen LogP contribution is 2.23. The Balaban J connectivity index is 1.84. The molecule has 1 aliphatic heterocycles. The number of rotatable bonds is 4. The van der Waals surface area contributed by atoms with Crippen LogP contribution >= 0.6 is 0 Å². The predicted molar refractivity (Wildman–Crippen MR) is 82.7 cm³/mol. The van der Waals surface area contributed by atoms with Crippen molar-refractivity contribution in [3.63, 3.8) is 0 Å². The second kappa shape index (κ2) is 6.10. The van der Waals surface area contributed by atoms with Gasteiger partial charge in [0.1, 0.15) is 5.75 Å². The quantitative estimate of drug-likeness (QED) is 0.876. The molecule has 1 atom stereocenters. The summed E-state index contributed by atoms with van der Waals surface area (Å²) in [6.45, 7) is 3.23. The van der Waals surface area contributed by atoms with Gasteiger partial charge < -0.3 is 10.1 Å². The molecule has 1 unspecified atom stereocenters. The van der Waals surface area contributed by atoms with Crippen molar-refractivity contribution in [2.75, 3.05) is 6.61 Å². The Kier molecular flexibility index (Phi) is 4.02. The Labute approximate surface area is 124 Å². The molecular weight excluding hydrogens is 262 g/mol. The van der Waals surface area contributed by atoms with Crippen molar-refractivity contribution in [3.8, 4) is 5.75 Å². The minimum atomic E-state index is -0.179. The molecule has 0 saturated heterocycles. The molecule has 2 aromatic rings. The normalized spacial score (nSPS) is 17.1. The van der Waals surface area contributed by atoms with E-state index in [0.29, 0.717) is 17.9 Å². The van der Waals surface area contributed by atoms with Crippen molar-refractivity contribution in [2.45, 2.75) is 25.9 Å². The fourth-order valence-corrected chi connectivity index (χ4v) is 2.78. The number of benzene rings is 2. The molecule has 3 heteroatoms. The van der Waals surface area contributed by atoms with Crippen LogP contribution in [0.2, 0.25) is 0 Å². The van der Waals surface area contributed by atoms with Crippen LogP contribution in [0.3, 0.4) is 0 Å². The molecule has 1 heterocycles. The number of ether oxygens (including phenoxy) is 1. The highest BCUT2D eigenvalue weighted by atomic mass is 16.5. The fourth-order valence-electron chi connectivity index (χ4n) is 2.78. The van der Waals surface area contributed by atoms with Crippen molar-refractivity contribution < 1.29 is 9.53 Å². The molecule has 0 saturated carbocycles. The molecule has 3 nitrogen and oxygen atoms in total. The summed E-state index contributed by atoms with van der Waals surface area (Å²) in [5.41, 5.74) is 3.19. The van der Waals surface area contributed by atoms with E-state index in [1.165, 1.54) is 11.1 Å². The summed E-state index contributed by atoms with van der Waals surface area (Å²) >= 11 is 0. The molecule has 0 bridgehead atoms. The summed E-state index contributed by atoms with van der Waals surface area (Å²) in [6.07, 6.45) is 0.732. The van der Waals surface area contributed by atoms with Crippen molar-refractivity contribution >= 4 is 5.78 Å². The van der Waals surface area contributed by atoms with Crippen LogP contribution in [0, 0.1) is 0 Å². The first-order chi connectivity index (χ1) is 10.3. The van der Waals surface area contributed by atoms with Gasteiger partial charge in [0, 0.05) is 6.54 Å². The maximum Gasteiger partial charge on any atom is 0.183 e. The van der Waals surface area contributed by atoms with Gasteiger partial charge in [0.05, 0.1) is 18.2 Å². The minimum absolute atomic E-state index is 0.105. The number of fused-ring (bicyclic) bond motifs is 1. The molecule has 0 aromatic heterocycles. The van der Waals surface area contributed by atoms with Crippen LogP contribution in [0.5, 0.6) is 5.75 Å². The maximum absolute atomic E-state index is 12.8. The van der Waals surface area contributed by atoms with E-state index in [1.807, 2.05) is 43.3 Å². The third kappa shape index (κ3) is 2.83. The maximum atomic E-state index is 12.8. The molecule has 1 N–H and O–H groups in total. The standard InChI is InChI=1S/C18H19NO2/c1-2-21-17-10-6-5-9-15(17)18(20)16-11-13-7-3-4-8-14(13)12-19-16/h3-10,16,19H,2,11-12H2,1H3. The molecule has 0 fully saturated rings. The van der Waals surface area contributed by atoms with E-state index in [0.717, 1.165) is 13.0 Å². The molecule has 0 radical (unpaired) electrons. The van der Waals surface area contributed by atoms with Gasteiger partial charge in [-0.2, -0.15) is 0 Å². The molecule has 0 aliphatic carbocycles. The van der Waals surface area contributed by atoms with Crippen LogP contribution in [0.25, 0.3) is 0 Å². The van der Waals surface area contributed by atoms with E-state index in [4.69, 9.17) is 4.74 Å². The molecule has 108 valence electrons. The predicted octanol–water partition coefficient (Wildman–Crippen LogP) is 2.98. The summed E-state index contributed by atoms with van der Waals surface area (Å²) in [7, 11) is 0. The van der Waals surface area contributed by atoms with Crippen molar-refractivity contribution in [1.82, 2.24) is 5.32 Å². The second-order valence-electron chi connectivity index (χ2n) is 5.20. The van der Waals surface area contributed by atoms with Gasteiger partial charge >= 0.3 is 0 Å². The number of carbonyl (C=O) groups excluding carboxylic acids is 1. The Morgan fingerprint density at radius 3 is 2.67 bits per heavy atom. The second-order valence-corrected chi connectivity index (χ2v) is 5.20. The summed E-state index contributed by atoms with van der Waals surface area (Å²) in [5.74, 6) is 0.777. The monoisotopic (exact) mass is 281 g/mol. The topological polar surface area (TPSA) is 38.3 Å². The summed E-state index contributed by atoms with van der Waals surface area (Å²) < 4.78 is 5.57. The lowest BCUT2D eigenvalue weighted by Gasteiger charge is -2.25. The lowest BCUT2D eigenvalue weighted by molar-refractivity contribution is 0.0934. The van der Waals surface area contributed by atoms with E-state index >= 15 is 0 Å². The van der Waals surface area contributed by atoms with Crippen LogP contribution in [0.1, 0.15) is 28.4 Å². The smallest absolute Gasteiger partial charge is 0.183 e. The van der Waals surface area contributed by atoms with Crippen molar-refractivity contribution in [3.05, 3.63) is 65.2 Å².